The van der Waals surface area contributed by atoms with E-state index in [1.54, 1.807) is 17.4 Å². The molecule has 0 bridgehead atoms. The molecule has 1 aliphatic heterocycles. The molecule has 2 amide bonds. The van der Waals surface area contributed by atoms with Gasteiger partial charge in [-0.1, -0.05) is 18.2 Å². The Kier molecular flexibility index (Phi) is 5.18. The van der Waals surface area contributed by atoms with Crippen molar-refractivity contribution in [3.8, 4) is 0 Å². The number of hydrogen-bond donors (Lipinski definition) is 1. The van der Waals surface area contributed by atoms with Crippen molar-refractivity contribution < 1.29 is 9.59 Å². The van der Waals surface area contributed by atoms with E-state index in [0.717, 1.165) is 34.0 Å². The Bertz CT molecular complexity index is 976. The van der Waals surface area contributed by atoms with E-state index in [4.69, 9.17) is 0 Å². The SMILES string of the molecule is O=C(/C=C/c1cccs1)Nc1ccc2c(c1)CN(C(=O)c1cccs1)CC2. The maximum absolute atomic E-state index is 12.6. The second-order valence-corrected chi connectivity index (χ2v) is 8.20. The summed E-state index contributed by atoms with van der Waals surface area (Å²) in [6.45, 7) is 1.29. The molecule has 6 heteroatoms. The van der Waals surface area contributed by atoms with Crippen molar-refractivity contribution in [2.45, 2.75) is 13.0 Å². The fraction of sp³-hybridized carbons (Fsp3) is 0.143. The Morgan fingerprint density at radius 3 is 2.67 bits per heavy atom. The summed E-state index contributed by atoms with van der Waals surface area (Å²) in [4.78, 5) is 28.4. The smallest absolute Gasteiger partial charge is 0.264 e. The van der Waals surface area contributed by atoms with Crippen LogP contribution in [0, 0.1) is 0 Å². The van der Waals surface area contributed by atoms with Crippen LogP contribution in [0.5, 0.6) is 0 Å². The molecular weight excluding hydrogens is 376 g/mol. The van der Waals surface area contributed by atoms with Crippen LogP contribution >= 0.6 is 22.7 Å². The van der Waals surface area contributed by atoms with E-state index in [0.29, 0.717) is 6.54 Å². The van der Waals surface area contributed by atoms with Gasteiger partial charge in [0.1, 0.15) is 0 Å². The quantitative estimate of drug-likeness (QED) is 0.654. The molecule has 0 fully saturated rings. The predicted molar refractivity (Wildman–Crippen MR) is 111 cm³/mol. The Labute approximate surface area is 165 Å². The zero-order valence-corrected chi connectivity index (χ0v) is 16.2. The van der Waals surface area contributed by atoms with E-state index >= 15 is 0 Å². The van der Waals surface area contributed by atoms with Gasteiger partial charge in [0, 0.05) is 29.7 Å². The van der Waals surface area contributed by atoms with Gasteiger partial charge in [-0.05, 0) is 58.6 Å². The third-order valence-electron chi connectivity index (χ3n) is 4.45. The molecule has 1 N–H and O–H groups in total. The van der Waals surface area contributed by atoms with Crippen molar-refractivity contribution in [2.24, 2.45) is 0 Å². The van der Waals surface area contributed by atoms with Crippen molar-refractivity contribution in [3.05, 3.63) is 80.2 Å². The minimum atomic E-state index is -0.161. The van der Waals surface area contributed by atoms with Crippen LogP contribution in [0.15, 0.2) is 59.3 Å². The second kappa shape index (κ2) is 7.90. The fourth-order valence-corrected chi connectivity index (χ4v) is 4.40. The van der Waals surface area contributed by atoms with Crippen LogP contribution in [0.2, 0.25) is 0 Å². The molecule has 0 atom stereocenters. The van der Waals surface area contributed by atoms with Gasteiger partial charge in [0.25, 0.3) is 5.91 Å². The van der Waals surface area contributed by atoms with Gasteiger partial charge in [0.2, 0.25) is 5.91 Å². The third-order valence-corrected chi connectivity index (χ3v) is 6.14. The topological polar surface area (TPSA) is 49.4 Å². The Morgan fingerprint density at radius 1 is 1.04 bits per heavy atom. The lowest BCUT2D eigenvalue weighted by molar-refractivity contribution is -0.111. The molecule has 0 radical (unpaired) electrons. The molecule has 0 saturated carbocycles. The first-order valence-corrected chi connectivity index (χ1v) is 10.4. The molecule has 1 aromatic carbocycles. The molecule has 0 saturated heterocycles. The van der Waals surface area contributed by atoms with Gasteiger partial charge in [-0.15, -0.1) is 22.7 Å². The van der Waals surface area contributed by atoms with E-state index in [-0.39, 0.29) is 11.8 Å². The molecule has 4 nitrogen and oxygen atoms in total. The zero-order valence-electron chi connectivity index (χ0n) is 14.6. The van der Waals surface area contributed by atoms with Gasteiger partial charge in [-0.25, -0.2) is 0 Å². The van der Waals surface area contributed by atoms with Crippen molar-refractivity contribution in [1.82, 2.24) is 4.90 Å². The normalized spacial score (nSPS) is 13.6. The van der Waals surface area contributed by atoms with Gasteiger partial charge in [0.05, 0.1) is 4.88 Å². The average molecular weight is 395 g/mol. The van der Waals surface area contributed by atoms with Gasteiger partial charge in [-0.3, -0.25) is 9.59 Å². The second-order valence-electron chi connectivity index (χ2n) is 6.28. The molecular formula is C21H18N2O2S2. The van der Waals surface area contributed by atoms with Crippen molar-refractivity contribution in [3.63, 3.8) is 0 Å². The summed E-state index contributed by atoms with van der Waals surface area (Å²) in [5.41, 5.74) is 3.07. The molecule has 2 aromatic heterocycles. The highest BCUT2D eigenvalue weighted by Gasteiger charge is 2.22. The van der Waals surface area contributed by atoms with Crippen molar-refractivity contribution in [2.75, 3.05) is 11.9 Å². The van der Waals surface area contributed by atoms with E-state index in [1.165, 1.54) is 23.0 Å². The first-order valence-electron chi connectivity index (χ1n) is 8.66. The number of nitrogens with one attached hydrogen (secondary N) is 1. The molecule has 3 aromatic rings. The Balaban J connectivity index is 1.44. The summed E-state index contributed by atoms with van der Waals surface area (Å²) in [5.74, 6) is -0.0883. The lowest BCUT2D eigenvalue weighted by Crippen LogP contribution is -2.35. The number of nitrogens with zero attached hydrogens (tertiary/aromatic N) is 1. The van der Waals surface area contributed by atoms with Crippen LogP contribution in [0.1, 0.15) is 25.7 Å². The first-order chi connectivity index (χ1) is 13.2. The molecule has 0 aliphatic carbocycles. The van der Waals surface area contributed by atoms with Crippen LogP contribution in [0.4, 0.5) is 5.69 Å². The number of benzene rings is 1. The summed E-state index contributed by atoms with van der Waals surface area (Å²) in [6.07, 6.45) is 4.18. The molecule has 136 valence electrons. The Hall–Kier alpha value is -2.70. The third kappa shape index (κ3) is 4.18. The average Bonchev–Trinajstić information content (AvgIpc) is 3.39. The number of fused-ring (bicyclic) bond motifs is 1. The van der Waals surface area contributed by atoms with E-state index in [2.05, 4.69) is 5.32 Å². The highest BCUT2D eigenvalue weighted by atomic mass is 32.1. The van der Waals surface area contributed by atoms with E-state index < -0.39 is 0 Å². The van der Waals surface area contributed by atoms with Gasteiger partial charge in [0.15, 0.2) is 0 Å². The van der Waals surface area contributed by atoms with Crippen LogP contribution in [0.25, 0.3) is 6.08 Å². The lowest BCUT2D eigenvalue weighted by atomic mass is 9.99. The standard InChI is InChI=1S/C21H18N2O2S2/c24-20(8-7-18-3-1-11-26-18)22-17-6-5-15-9-10-23(14-16(15)13-17)21(25)19-4-2-12-27-19/h1-8,11-13H,9-10,14H2,(H,22,24)/b8-7+. The highest BCUT2D eigenvalue weighted by molar-refractivity contribution is 7.12. The summed E-state index contributed by atoms with van der Waals surface area (Å²) in [7, 11) is 0. The number of amides is 2. The molecule has 3 heterocycles. The van der Waals surface area contributed by atoms with Gasteiger partial charge in [-0.2, -0.15) is 0 Å². The summed E-state index contributed by atoms with van der Waals surface area (Å²) >= 11 is 3.05. The number of thiophene rings is 2. The lowest BCUT2D eigenvalue weighted by Gasteiger charge is -2.29. The molecule has 4 rings (SSSR count). The Morgan fingerprint density at radius 2 is 1.89 bits per heavy atom. The van der Waals surface area contributed by atoms with Gasteiger partial charge >= 0.3 is 0 Å². The molecule has 0 spiro atoms. The summed E-state index contributed by atoms with van der Waals surface area (Å²) in [5, 5.41) is 6.80. The van der Waals surface area contributed by atoms with Crippen LogP contribution < -0.4 is 5.32 Å². The maximum Gasteiger partial charge on any atom is 0.264 e. The number of anilines is 1. The number of rotatable bonds is 4. The number of carbonyl (C=O) groups is 2. The van der Waals surface area contributed by atoms with Crippen molar-refractivity contribution >= 4 is 46.3 Å². The highest BCUT2D eigenvalue weighted by Crippen LogP contribution is 2.25. The van der Waals surface area contributed by atoms with Gasteiger partial charge < -0.3 is 10.2 Å². The first kappa shape index (κ1) is 17.7. The monoisotopic (exact) mass is 394 g/mol. The predicted octanol–water partition coefficient (Wildman–Crippen LogP) is 4.66. The fourth-order valence-electron chi connectivity index (χ4n) is 3.09. The molecule has 0 unspecified atom stereocenters. The number of carbonyl (C=O) groups excluding carboxylic acids is 2. The summed E-state index contributed by atoms with van der Waals surface area (Å²) in [6, 6.07) is 13.6. The van der Waals surface area contributed by atoms with Crippen LogP contribution in [-0.2, 0) is 17.8 Å². The van der Waals surface area contributed by atoms with Crippen LogP contribution in [0.3, 0.4) is 0 Å². The van der Waals surface area contributed by atoms with Crippen molar-refractivity contribution in [1.29, 1.82) is 0 Å². The minimum Gasteiger partial charge on any atom is -0.333 e. The van der Waals surface area contributed by atoms with E-state index in [9.17, 15) is 9.59 Å². The molecule has 1 aliphatic rings. The summed E-state index contributed by atoms with van der Waals surface area (Å²) < 4.78 is 0. The van der Waals surface area contributed by atoms with E-state index in [1.807, 2.05) is 58.1 Å². The largest absolute Gasteiger partial charge is 0.333 e. The molecule has 27 heavy (non-hydrogen) atoms. The maximum atomic E-state index is 12.6. The number of hydrogen-bond acceptors (Lipinski definition) is 4. The minimum absolute atomic E-state index is 0.0731. The van der Waals surface area contributed by atoms with Crippen LogP contribution in [-0.4, -0.2) is 23.3 Å². The zero-order chi connectivity index (χ0) is 18.6.